The number of allylic oxidation sites excluding steroid dienone is 1. The minimum absolute atomic E-state index is 0.262. The molecule has 0 spiro atoms. The van der Waals surface area contributed by atoms with Gasteiger partial charge in [-0.25, -0.2) is 13.8 Å². The summed E-state index contributed by atoms with van der Waals surface area (Å²) in [6.45, 7) is 4.03. The standard InChI is InChI=1S/C23H19F2NS/c1-16-3-8-19(9-4-16)26-23(21-12-7-18(24)15-22(21)25)13-14-27-20-10-5-17(2)6-11-20/h3-15H,1-2H3/b14-13+,26-23-. The zero-order chi connectivity index (χ0) is 19.2. The number of nitrogens with zero attached hydrogens (tertiary/aromatic N) is 1. The summed E-state index contributed by atoms with van der Waals surface area (Å²) in [5.74, 6) is -1.24. The maximum absolute atomic E-state index is 14.3. The highest BCUT2D eigenvalue weighted by Gasteiger charge is 2.09. The third-order valence-corrected chi connectivity index (χ3v) is 4.76. The summed E-state index contributed by atoms with van der Waals surface area (Å²) >= 11 is 1.52. The molecule has 4 heteroatoms. The second kappa shape index (κ2) is 8.78. The van der Waals surface area contributed by atoms with Gasteiger partial charge >= 0.3 is 0 Å². The molecule has 136 valence electrons. The Morgan fingerprint density at radius 2 is 1.48 bits per heavy atom. The van der Waals surface area contributed by atoms with Gasteiger partial charge in [-0.2, -0.15) is 0 Å². The van der Waals surface area contributed by atoms with Gasteiger partial charge in [0.05, 0.1) is 11.4 Å². The molecule has 3 rings (SSSR count). The van der Waals surface area contributed by atoms with Crippen LogP contribution in [0.4, 0.5) is 14.5 Å². The molecule has 0 unspecified atom stereocenters. The zero-order valence-corrected chi connectivity index (χ0v) is 15.9. The summed E-state index contributed by atoms with van der Waals surface area (Å²) in [5.41, 5.74) is 3.73. The van der Waals surface area contributed by atoms with Crippen molar-refractivity contribution in [3.8, 4) is 0 Å². The van der Waals surface area contributed by atoms with Crippen molar-refractivity contribution in [3.05, 3.63) is 107 Å². The fourth-order valence-corrected chi connectivity index (χ4v) is 3.08. The first-order chi connectivity index (χ1) is 13.0. The van der Waals surface area contributed by atoms with Crippen LogP contribution >= 0.6 is 11.8 Å². The number of aliphatic imine (C=N–C) groups is 1. The molecule has 0 aliphatic rings. The third-order valence-electron chi connectivity index (χ3n) is 3.94. The lowest BCUT2D eigenvalue weighted by Crippen LogP contribution is -2.01. The highest BCUT2D eigenvalue weighted by molar-refractivity contribution is 8.02. The summed E-state index contributed by atoms with van der Waals surface area (Å²) in [7, 11) is 0. The van der Waals surface area contributed by atoms with Gasteiger partial charge in [0.2, 0.25) is 0 Å². The van der Waals surface area contributed by atoms with Crippen molar-refractivity contribution in [1.29, 1.82) is 0 Å². The number of rotatable bonds is 5. The molecule has 1 nitrogen and oxygen atoms in total. The van der Waals surface area contributed by atoms with Gasteiger partial charge in [0.25, 0.3) is 0 Å². The van der Waals surface area contributed by atoms with Crippen molar-refractivity contribution in [2.75, 3.05) is 0 Å². The average Bonchev–Trinajstić information content (AvgIpc) is 2.64. The number of aryl methyl sites for hydroxylation is 2. The Kier molecular flexibility index (Phi) is 6.20. The Morgan fingerprint density at radius 3 is 2.11 bits per heavy atom. The molecule has 0 atom stereocenters. The second-order valence-corrected chi connectivity index (χ2v) is 7.17. The Balaban J connectivity index is 1.92. The van der Waals surface area contributed by atoms with Gasteiger partial charge in [0, 0.05) is 16.5 Å². The highest BCUT2D eigenvalue weighted by Crippen LogP contribution is 2.22. The molecule has 0 aliphatic heterocycles. The van der Waals surface area contributed by atoms with Crippen LogP contribution in [0.1, 0.15) is 16.7 Å². The van der Waals surface area contributed by atoms with Crippen LogP contribution in [0.3, 0.4) is 0 Å². The predicted octanol–water partition coefficient (Wildman–Crippen LogP) is 7.01. The molecule has 0 saturated carbocycles. The van der Waals surface area contributed by atoms with E-state index in [-0.39, 0.29) is 5.56 Å². The summed E-state index contributed by atoms with van der Waals surface area (Å²) in [5, 5.41) is 1.86. The monoisotopic (exact) mass is 379 g/mol. The van der Waals surface area contributed by atoms with Gasteiger partial charge < -0.3 is 0 Å². The summed E-state index contributed by atoms with van der Waals surface area (Å²) in [4.78, 5) is 5.63. The SMILES string of the molecule is Cc1ccc(/N=C(/C=C/Sc2ccc(C)cc2)c2ccc(F)cc2F)cc1. The summed E-state index contributed by atoms with van der Waals surface area (Å²) < 4.78 is 27.6. The van der Waals surface area contributed by atoms with Crippen LogP contribution in [-0.4, -0.2) is 5.71 Å². The summed E-state index contributed by atoms with van der Waals surface area (Å²) in [6, 6.07) is 19.3. The Morgan fingerprint density at radius 1 is 0.852 bits per heavy atom. The van der Waals surface area contributed by atoms with E-state index < -0.39 is 11.6 Å². The smallest absolute Gasteiger partial charge is 0.135 e. The molecule has 0 heterocycles. The quantitative estimate of drug-likeness (QED) is 0.343. The van der Waals surface area contributed by atoms with E-state index in [1.54, 1.807) is 6.08 Å². The number of halogens is 2. The van der Waals surface area contributed by atoms with Crippen LogP contribution in [0.5, 0.6) is 0 Å². The highest BCUT2D eigenvalue weighted by atomic mass is 32.2. The fraction of sp³-hybridized carbons (Fsp3) is 0.0870. The minimum atomic E-state index is -0.633. The topological polar surface area (TPSA) is 12.4 Å². The second-order valence-electron chi connectivity index (χ2n) is 6.19. The maximum Gasteiger partial charge on any atom is 0.135 e. The van der Waals surface area contributed by atoms with E-state index in [1.807, 2.05) is 67.8 Å². The van der Waals surface area contributed by atoms with Crippen molar-refractivity contribution in [2.24, 2.45) is 4.99 Å². The molecular formula is C23H19F2NS. The van der Waals surface area contributed by atoms with Crippen molar-refractivity contribution in [2.45, 2.75) is 18.7 Å². The van der Waals surface area contributed by atoms with Crippen LogP contribution in [-0.2, 0) is 0 Å². The van der Waals surface area contributed by atoms with Crippen molar-refractivity contribution < 1.29 is 8.78 Å². The molecule has 0 radical (unpaired) electrons. The van der Waals surface area contributed by atoms with E-state index >= 15 is 0 Å². The van der Waals surface area contributed by atoms with Crippen LogP contribution in [0.2, 0.25) is 0 Å². The maximum atomic E-state index is 14.3. The van der Waals surface area contributed by atoms with Gasteiger partial charge in [0.1, 0.15) is 11.6 Å². The predicted molar refractivity (Wildman–Crippen MR) is 110 cm³/mol. The van der Waals surface area contributed by atoms with E-state index in [1.165, 1.54) is 29.5 Å². The van der Waals surface area contributed by atoms with E-state index in [9.17, 15) is 8.78 Å². The molecule has 0 aromatic heterocycles. The van der Waals surface area contributed by atoms with Gasteiger partial charge in [-0.1, -0.05) is 47.2 Å². The first-order valence-electron chi connectivity index (χ1n) is 8.52. The number of thioether (sulfide) groups is 1. The first-order valence-corrected chi connectivity index (χ1v) is 9.40. The zero-order valence-electron chi connectivity index (χ0n) is 15.1. The molecule has 3 aromatic carbocycles. The van der Waals surface area contributed by atoms with Gasteiger partial charge in [0.15, 0.2) is 0 Å². The lowest BCUT2D eigenvalue weighted by molar-refractivity contribution is 0.582. The largest absolute Gasteiger partial charge is 0.248 e. The molecule has 0 fully saturated rings. The summed E-state index contributed by atoms with van der Waals surface area (Å²) in [6.07, 6.45) is 1.75. The van der Waals surface area contributed by atoms with Crippen molar-refractivity contribution in [1.82, 2.24) is 0 Å². The molecule has 27 heavy (non-hydrogen) atoms. The third kappa shape index (κ3) is 5.38. The van der Waals surface area contributed by atoms with Crippen molar-refractivity contribution in [3.63, 3.8) is 0 Å². The van der Waals surface area contributed by atoms with E-state index in [0.29, 0.717) is 11.4 Å². The van der Waals surface area contributed by atoms with Crippen molar-refractivity contribution >= 4 is 23.2 Å². The van der Waals surface area contributed by atoms with Crippen LogP contribution in [0.25, 0.3) is 0 Å². The molecular weight excluding hydrogens is 360 g/mol. The number of benzene rings is 3. The Hall–Kier alpha value is -2.72. The molecule has 0 aliphatic carbocycles. The molecule has 0 bridgehead atoms. The van der Waals surface area contributed by atoms with Gasteiger partial charge in [-0.05, 0) is 61.7 Å². The molecule has 0 saturated heterocycles. The number of hydrogen-bond acceptors (Lipinski definition) is 2. The minimum Gasteiger partial charge on any atom is -0.248 e. The normalized spacial score (nSPS) is 11.9. The van der Waals surface area contributed by atoms with E-state index in [2.05, 4.69) is 4.99 Å². The lowest BCUT2D eigenvalue weighted by Gasteiger charge is -2.05. The van der Waals surface area contributed by atoms with E-state index in [4.69, 9.17) is 0 Å². The Labute approximate surface area is 162 Å². The van der Waals surface area contributed by atoms with Crippen LogP contribution in [0.15, 0.2) is 88.1 Å². The molecule has 0 amide bonds. The lowest BCUT2D eigenvalue weighted by atomic mass is 10.1. The van der Waals surface area contributed by atoms with Gasteiger partial charge in [-0.15, -0.1) is 0 Å². The number of hydrogen-bond donors (Lipinski definition) is 0. The molecule has 3 aromatic rings. The fourth-order valence-electron chi connectivity index (χ4n) is 2.44. The van der Waals surface area contributed by atoms with Crippen LogP contribution < -0.4 is 0 Å². The first kappa shape index (κ1) is 19.1. The van der Waals surface area contributed by atoms with E-state index in [0.717, 1.165) is 16.5 Å². The van der Waals surface area contributed by atoms with Crippen LogP contribution in [0, 0.1) is 25.5 Å². The van der Waals surface area contributed by atoms with Gasteiger partial charge in [-0.3, -0.25) is 0 Å². The Bertz CT molecular complexity index is 974. The molecule has 0 N–H and O–H groups in total. The average molecular weight is 379 g/mol.